The third-order valence-electron chi connectivity index (χ3n) is 4.97. The lowest BCUT2D eigenvalue weighted by molar-refractivity contribution is -0.111. The summed E-state index contributed by atoms with van der Waals surface area (Å²) in [6, 6.07) is 5.15. The highest BCUT2D eigenvalue weighted by molar-refractivity contribution is 7.17. The van der Waals surface area contributed by atoms with E-state index in [2.05, 4.69) is 12.2 Å². The average molecular weight is 438 g/mol. The lowest BCUT2D eigenvalue weighted by Gasteiger charge is -2.20. The highest BCUT2D eigenvalue weighted by Crippen LogP contribution is 2.40. The van der Waals surface area contributed by atoms with Crippen LogP contribution in [0.2, 0.25) is 10.0 Å². The fraction of sp³-hybridized carbons (Fsp3) is 0.333. The van der Waals surface area contributed by atoms with Crippen LogP contribution in [0.15, 0.2) is 24.3 Å². The predicted molar refractivity (Wildman–Crippen MR) is 116 cm³/mol. The van der Waals surface area contributed by atoms with Crippen molar-refractivity contribution in [2.75, 3.05) is 12.4 Å². The van der Waals surface area contributed by atoms with E-state index in [1.807, 2.05) is 0 Å². The average Bonchev–Trinajstić information content (AvgIpc) is 3.03. The van der Waals surface area contributed by atoms with Gasteiger partial charge in [0.1, 0.15) is 5.00 Å². The Balaban J connectivity index is 1.85. The first kappa shape index (κ1) is 20.9. The van der Waals surface area contributed by atoms with E-state index in [4.69, 9.17) is 27.9 Å². The molecule has 1 unspecified atom stereocenters. The van der Waals surface area contributed by atoms with Gasteiger partial charge in [0.05, 0.1) is 12.7 Å². The second-order valence-electron chi connectivity index (χ2n) is 6.67. The zero-order valence-corrected chi connectivity index (χ0v) is 18.0. The maximum atomic E-state index is 12.5. The van der Waals surface area contributed by atoms with Crippen LogP contribution >= 0.6 is 34.5 Å². The number of anilines is 1. The fourth-order valence-electron chi connectivity index (χ4n) is 3.39. The van der Waals surface area contributed by atoms with E-state index in [-0.39, 0.29) is 5.91 Å². The van der Waals surface area contributed by atoms with Crippen LogP contribution in [-0.4, -0.2) is 19.0 Å². The quantitative estimate of drug-likeness (QED) is 0.460. The summed E-state index contributed by atoms with van der Waals surface area (Å²) >= 11 is 13.7. The minimum Gasteiger partial charge on any atom is -0.465 e. The molecule has 0 saturated carbocycles. The first-order valence-corrected chi connectivity index (χ1v) is 10.7. The first-order valence-electron chi connectivity index (χ1n) is 9.10. The van der Waals surface area contributed by atoms with Crippen molar-refractivity contribution < 1.29 is 14.3 Å². The SMILES string of the molecule is CCC1CCc2c(sc(NC(=O)C=Cc3c(Cl)cccc3Cl)c2C(=O)OC)C1. The Morgan fingerprint density at radius 3 is 2.68 bits per heavy atom. The number of halogens is 2. The van der Waals surface area contributed by atoms with Crippen molar-refractivity contribution in [1.29, 1.82) is 0 Å². The van der Waals surface area contributed by atoms with Crippen LogP contribution in [0.5, 0.6) is 0 Å². The van der Waals surface area contributed by atoms with E-state index in [0.29, 0.717) is 32.1 Å². The number of esters is 1. The zero-order chi connectivity index (χ0) is 20.3. The van der Waals surface area contributed by atoms with E-state index >= 15 is 0 Å². The summed E-state index contributed by atoms with van der Waals surface area (Å²) in [7, 11) is 1.36. The molecule has 0 spiro atoms. The minimum atomic E-state index is -0.416. The molecule has 4 nitrogen and oxygen atoms in total. The van der Waals surface area contributed by atoms with Crippen LogP contribution in [-0.2, 0) is 22.4 Å². The molecule has 1 aromatic carbocycles. The number of carbonyl (C=O) groups is 2. The molecule has 7 heteroatoms. The van der Waals surface area contributed by atoms with E-state index in [0.717, 1.165) is 36.1 Å². The first-order chi connectivity index (χ1) is 13.4. The van der Waals surface area contributed by atoms with Gasteiger partial charge in [-0.3, -0.25) is 4.79 Å². The number of hydrogen-bond acceptors (Lipinski definition) is 4. The smallest absolute Gasteiger partial charge is 0.341 e. The summed E-state index contributed by atoms with van der Waals surface area (Å²) < 4.78 is 4.96. The topological polar surface area (TPSA) is 55.4 Å². The molecule has 1 N–H and O–H groups in total. The molecule has 0 fully saturated rings. The Bertz CT molecular complexity index is 916. The lowest BCUT2D eigenvalue weighted by atomic mass is 9.86. The fourth-order valence-corrected chi connectivity index (χ4v) is 5.27. The molecule has 1 aliphatic rings. The van der Waals surface area contributed by atoms with Crippen LogP contribution in [0, 0.1) is 5.92 Å². The summed E-state index contributed by atoms with van der Waals surface area (Å²) in [6.07, 6.45) is 6.84. The van der Waals surface area contributed by atoms with Crippen molar-refractivity contribution in [3.63, 3.8) is 0 Å². The van der Waals surface area contributed by atoms with Gasteiger partial charge in [0, 0.05) is 26.6 Å². The molecule has 3 rings (SSSR count). The van der Waals surface area contributed by atoms with Crippen molar-refractivity contribution >= 4 is 57.5 Å². The van der Waals surface area contributed by atoms with Crippen LogP contribution in [0.1, 0.15) is 46.1 Å². The van der Waals surface area contributed by atoms with Crippen molar-refractivity contribution in [2.24, 2.45) is 5.92 Å². The Morgan fingerprint density at radius 2 is 2.04 bits per heavy atom. The van der Waals surface area contributed by atoms with Gasteiger partial charge in [-0.2, -0.15) is 0 Å². The third-order valence-corrected chi connectivity index (χ3v) is 6.80. The third kappa shape index (κ3) is 4.43. The number of fused-ring (bicyclic) bond motifs is 1. The minimum absolute atomic E-state index is 0.355. The molecule has 0 bridgehead atoms. The second kappa shape index (κ2) is 9.12. The van der Waals surface area contributed by atoms with E-state index in [1.165, 1.54) is 24.5 Å². The number of ether oxygens (including phenoxy) is 1. The number of methoxy groups -OCH3 is 1. The number of thiophene rings is 1. The van der Waals surface area contributed by atoms with Crippen molar-refractivity contribution in [3.8, 4) is 0 Å². The second-order valence-corrected chi connectivity index (χ2v) is 8.59. The normalized spacial score (nSPS) is 16.1. The molecule has 148 valence electrons. The number of benzene rings is 1. The molecule has 0 radical (unpaired) electrons. The largest absolute Gasteiger partial charge is 0.465 e. The van der Waals surface area contributed by atoms with Crippen LogP contribution in [0.3, 0.4) is 0 Å². The standard InChI is InChI=1S/C21H21Cl2NO3S/c1-3-12-7-8-14-17(11-12)28-20(19(14)21(26)27-2)24-18(25)10-9-13-15(22)5-4-6-16(13)23/h4-6,9-10,12H,3,7-8,11H2,1-2H3,(H,24,25). The molecule has 2 aromatic rings. The summed E-state index contributed by atoms with van der Waals surface area (Å²) in [4.78, 5) is 26.0. The van der Waals surface area contributed by atoms with Crippen molar-refractivity contribution in [3.05, 3.63) is 55.9 Å². The van der Waals surface area contributed by atoms with Crippen LogP contribution < -0.4 is 5.32 Å². The molecule has 1 amide bonds. The molecule has 1 aliphatic carbocycles. The van der Waals surface area contributed by atoms with E-state index < -0.39 is 5.97 Å². The highest BCUT2D eigenvalue weighted by atomic mass is 35.5. The molecule has 0 aliphatic heterocycles. The van der Waals surface area contributed by atoms with E-state index in [1.54, 1.807) is 24.3 Å². The Morgan fingerprint density at radius 1 is 1.32 bits per heavy atom. The Kier molecular flexibility index (Phi) is 6.81. The molecule has 1 atom stereocenters. The van der Waals surface area contributed by atoms with E-state index in [9.17, 15) is 9.59 Å². The molecule has 28 heavy (non-hydrogen) atoms. The number of rotatable bonds is 5. The number of amides is 1. The Labute approximate surface area is 178 Å². The molecule has 0 saturated heterocycles. The molecular weight excluding hydrogens is 417 g/mol. The Hall–Kier alpha value is -1.82. The summed E-state index contributed by atoms with van der Waals surface area (Å²) in [5.41, 5.74) is 2.06. The number of hydrogen-bond donors (Lipinski definition) is 1. The van der Waals surface area contributed by atoms with Crippen molar-refractivity contribution in [2.45, 2.75) is 32.6 Å². The predicted octanol–water partition coefficient (Wildman–Crippen LogP) is 6.01. The van der Waals surface area contributed by atoms with Crippen LogP contribution in [0.25, 0.3) is 6.08 Å². The maximum absolute atomic E-state index is 12.5. The molecule has 1 aromatic heterocycles. The molecule has 1 heterocycles. The summed E-state index contributed by atoms with van der Waals surface area (Å²) in [6.45, 7) is 2.18. The number of nitrogens with one attached hydrogen (secondary N) is 1. The van der Waals surface area contributed by atoms with Gasteiger partial charge in [0.15, 0.2) is 0 Å². The summed E-state index contributed by atoms with van der Waals surface area (Å²) in [5, 5.41) is 4.29. The monoisotopic (exact) mass is 437 g/mol. The van der Waals surface area contributed by atoms with Gasteiger partial charge >= 0.3 is 5.97 Å². The van der Waals surface area contributed by atoms with Gasteiger partial charge in [-0.15, -0.1) is 11.3 Å². The zero-order valence-electron chi connectivity index (χ0n) is 15.7. The van der Waals surface area contributed by atoms with Gasteiger partial charge in [-0.1, -0.05) is 42.6 Å². The highest BCUT2D eigenvalue weighted by Gasteiger charge is 2.29. The van der Waals surface area contributed by atoms with Gasteiger partial charge < -0.3 is 10.1 Å². The summed E-state index contributed by atoms with van der Waals surface area (Å²) in [5.74, 6) is -0.157. The molecular formula is C21H21Cl2NO3S. The lowest BCUT2D eigenvalue weighted by Crippen LogP contribution is -2.15. The number of carbonyl (C=O) groups excluding carboxylic acids is 2. The van der Waals surface area contributed by atoms with Gasteiger partial charge in [-0.05, 0) is 49.0 Å². The van der Waals surface area contributed by atoms with Crippen molar-refractivity contribution in [1.82, 2.24) is 0 Å². The van der Waals surface area contributed by atoms with Gasteiger partial charge in [0.25, 0.3) is 0 Å². The maximum Gasteiger partial charge on any atom is 0.341 e. The van der Waals surface area contributed by atoms with Crippen LogP contribution in [0.4, 0.5) is 5.00 Å². The van der Waals surface area contributed by atoms with Gasteiger partial charge in [-0.25, -0.2) is 4.79 Å². The van der Waals surface area contributed by atoms with Gasteiger partial charge in [0.2, 0.25) is 5.91 Å².